The van der Waals surface area contributed by atoms with E-state index in [1.807, 2.05) is 84.9 Å². The first-order valence-electron chi connectivity index (χ1n) is 18.7. The summed E-state index contributed by atoms with van der Waals surface area (Å²) < 4.78 is 64.6. The number of fused-ring (bicyclic) bond motifs is 7. The Labute approximate surface area is 330 Å². The van der Waals surface area contributed by atoms with Gasteiger partial charge in [-0.15, -0.1) is 0 Å². The maximum atomic E-state index is 15.5. The van der Waals surface area contributed by atoms with Crippen LogP contribution in [0.25, 0.3) is 107 Å². The molecule has 1 aromatic heterocycles. The molecule has 0 atom stereocenters. The molecule has 0 spiro atoms. The Hall–Kier alpha value is -6.52. The van der Waals surface area contributed by atoms with E-state index in [4.69, 9.17) is 0 Å². The van der Waals surface area contributed by atoms with Gasteiger partial charge in [0.05, 0.1) is 0 Å². The van der Waals surface area contributed by atoms with Gasteiger partial charge < -0.3 is 0 Å². The molecule has 0 saturated carbocycles. The molecule has 0 aliphatic rings. The number of rotatable bonds is 4. The van der Waals surface area contributed by atoms with Crippen molar-refractivity contribution in [2.24, 2.45) is 0 Å². The molecule has 0 bridgehead atoms. The van der Waals surface area contributed by atoms with Crippen molar-refractivity contribution < 1.29 is 17.6 Å². The summed E-state index contributed by atoms with van der Waals surface area (Å²) in [6, 6.07) is 52.8. The fourth-order valence-electron chi connectivity index (χ4n) is 9.02. The Morgan fingerprint density at radius 1 is 0.281 bits per heavy atom. The second kappa shape index (κ2) is 13.0. The average molecular weight is 808 g/mol. The Morgan fingerprint density at radius 3 is 1.09 bits per heavy atom. The molecule has 57 heavy (non-hydrogen) atoms. The Balaban J connectivity index is 1.18. The van der Waals surface area contributed by atoms with Crippen molar-refractivity contribution >= 4 is 76.9 Å². The summed E-state index contributed by atoms with van der Waals surface area (Å²) in [5.74, 6) is -2.38. The van der Waals surface area contributed by atoms with Crippen LogP contribution in [0.3, 0.4) is 0 Å². The number of hydrogen-bond acceptors (Lipinski definition) is 0. The van der Waals surface area contributed by atoms with E-state index in [0.29, 0.717) is 11.1 Å². The van der Waals surface area contributed by atoms with Crippen LogP contribution < -0.4 is 0 Å². The molecule has 5 heteroatoms. The maximum absolute atomic E-state index is 15.5. The van der Waals surface area contributed by atoms with E-state index in [1.54, 1.807) is 0 Å². The third kappa shape index (κ3) is 5.06. The summed E-state index contributed by atoms with van der Waals surface area (Å²) in [6.07, 6.45) is 0. The normalized spacial score (nSPS) is 11.9. The van der Waals surface area contributed by atoms with E-state index in [2.05, 4.69) is 48.5 Å². The van der Waals surface area contributed by atoms with E-state index in [1.165, 1.54) is 44.9 Å². The van der Waals surface area contributed by atoms with Crippen molar-refractivity contribution in [1.82, 2.24) is 0 Å². The predicted octanol–water partition coefficient (Wildman–Crippen LogP) is 14.9. The topological polar surface area (TPSA) is 0 Å². The van der Waals surface area contributed by atoms with Crippen molar-refractivity contribution in [3.8, 4) is 44.5 Å². The van der Waals surface area contributed by atoms with Gasteiger partial charge in [-0.25, -0.2) is 0 Å². The minimum atomic E-state index is -0.597. The SMILES string of the molecule is Fc1cccc(F)c1-c1c2ccccc2c(-c2ccc3[se]c4c(-c5c6ccccc6c(-c6c(F)cccc6F)c6ccccc56)cccc4c3c2)c2ccccc12. The van der Waals surface area contributed by atoms with Crippen molar-refractivity contribution in [3.63, 3.8) is 0 Å². The van der Waals surface area contributed by atoms with Crippen molar-refractivity contribution in [2.75, 3.05) is 0 Å². The van der Waals surface area contributed by atoms with Crippen LogP contribution in [0.2, 0.25) is 0 Å². The molecule has 270 valence electrons. The van der Waals surface area contributed by atoms with Crippen molar-refractivity contribution in [3.05, 3.63) is 193 Å². The zero-order chi connectivity index (χ0) is 38.4. The first-order valence-corrected chi connectivity index (χ1v) is 20.4. The zero-order valence-electron chi connectivity index (χ0n) is 30.1. The van der Waals surface area contributed by atoms with Gasteiger partial charge in [-0.2, -0.15) is 0 Å². The molecular weight excluding hydrogens is 780 g/mol. The first-order chi connectivity index (χ1) is 28.0. The summed E-state index contributed by atoms with van der Waals surface area (Å²) in [4.78, 5) is 0. The summed E-state index contributed by atoms with van der Waals surface area (Å²) in [7, 11) is 0. The van der Waals surface area contributed by atoms with Crippen LogP contribution in [0, 0.1) is 23.3 Å². The van der Waals surface area contributed by atoms with Gasteiger partial charge in [0.15, 0.2) is 0 Å². The van der Waals surface area contributed by atoms with E-state index < -0.39 is 23.3 Å². The second-order valence-corrected chi connectivity index (χ2v) is 16.6. The van der Waals surface area contributed by atoms with Crippen LogP contribution in [0.4, 0.5) is 17.6 Å². The standard InChI is InChI=1S/C52H28F4Se/c53-41-22-10-23-42(54)50(41)48-34-16-5-1-12-30(34)46(31-13-2-6-17-35(31)48)29-26-27-45-40(28-29)38-20-9-21-39(52(38)57-45)47-32-14-3-7-18-36(32)49(37-19-8-4-15-33(37)47)51-43(55)24-11-25-44(51)56/h1-28H. The van der Waals surface area contributed by atoms with Crippen molar-refractivity contribution in [1.29, 1.82) is 0 Å². The minimum absolute atomic E-state index is 0.0222. The molecule has 0 nitrogen and oxygen atoms in total. The van der Waals surface area contributed by atoms with Crippen LogP contribution in [-0.2, 0) is 0 Å². The van der Waals surface area contributed by atoms with Gasteiger partial charge in [0.1, 0.15) is 0 Å². The molecule has 0 aliphatic carbocycles. The quantitative estimate of drug-likeness (QED) is 0.0944. The molecule has 0 aliphatic heterocycles. The van der Waals surface area contributed by atoms with Gasteiger partial charge in [0.2, 0.25) is 0 Å². The Bertz CT molecular complexity index is 3320. The van der Waals surface area contributed by atoms with E-state index in [-0.39, 0.29) is 25.6 Å². The Morgan fingerprint density at radius 2 is 0.649 bits per heavy atom. The van der Waals surface area contributed by atoms with E-state index in [0.717, 1.165) is 76.1 Å². The molecule has 11 aromatic rings. The number of halogens is 4. The summed E-state index contributed by atoms with van der Waals surface area (Å²) in [5, 5.41) is 9.12. The van der Waals surface area contributed by atoms with Crippen LogP contribution in [0.1, 0.15) is 0 Å². The molecular formula is C52H28F4Se. The fourth-order valence-corrected chi connectivity index (χ4v) is 11.5. The zero-order valence-corrected chi connectivity index (χ0v) is 31.8. The van der Waals surface area contributed by atoms with Gasteiger partial charge in [-0.05, 0) is 0 Å². The molecule has 10 aromatic carbocycles. The fraction of sp³-hybridized carbons (Fsp3) is 0. The van der Waals surface area contributed by atoms with Crippen molar-refractivity contribution in [2.45, 2.75) is 0 Å². The third-order valence-corrected chi connectivity index (χ3v) is 13.9. The summed E-state index contributed by atoms with van der Waals surface area (Å²) in [5.41, 5.74) is 5.22. The summed E-state index contributed by atoms with van der Waals surface area (Å²) in [6.45, 7) is 0. The second-order valence-electron chi connectivity index (χ2n) is 14.4. The van der Waals surface area contributed by atoms with Gasteiger partial charge in [-0.1, -0.05) is 0 Å². The van der Waals surface area contributed by atoms with Crippen LogP contribution in [0.15, 0.2) is 170 Å². The monoisotopic (exact) mass is 808 g/mol. The molecule has 11 rings (SSSR count). The van der Waals surface area contributed by atoms with Gasteiger partial charge in [0.25, 0.3) is 0 Å². The third-order valence-electron chi connectivity index (χ3n) is 11.3. The molecule has 0 N–H and O–H groups in total. The van der Waals surface area contributed by atoms with E-state index in [9.17, 15) is 0 Å². The number of hydrogen-bond donors (Lipinski definition) is 0. The van der Waals surface area contributed by atoms with E-state index >= 15 is 17.6 Å². The molecule has 0 fully saturated rings. The average Bonchev–Trinajstić information content (AvgIpc) is 3.61. The van der Waals surface area contributed by atoms with Gasteiger partial charge >= 0.3 is 332 Å². The van der Waals surface area contributed by atoms with Crippen LogP contribution >= 0.6 is 0 Å². The van der Waals surface area contributed by atoms with Crippen LogP contribution in [-0.4, -0.2) is 14.5 Å². The summed E-state index contributed by atoms with van der Waals surface area (Å²) >= 11 is -0.0470. The van der Waals surface area contributed by atoms with Gasteiger partial charge in [0, 0.05) is 0 Å². The van der Waals surface area contributed by atoms with Gasteiger partial charge in [-0.3, -0.25) is 0 Å². The molecule has 0 saturated heterocycles. The first kappa shape index (κ1) is 33.8. The molecule has 0 unspecified atom stereocenters. The Kier molecular flexibility index (Phi) is 7.72. The molecule has 0 radical (unpaired) electrons. The van der Waals surface area contributed by atoms with Crippen LogP contribution in [0.5, 0.6) is 0 Å². The number of benzene rings is 10. The molecule has 1 heterocycles. The molecule has 0 amide bonds. The predicted molar refractivity (Wildman–Crippen MR) is 230 cm³/mol.